The molecule has 0 spiro atoms. The van der Waals surface area contributed by atoms with Crippen LogP contribution in [0.15, 0.2) is 18.2 Å². The molecule has 0 aliphatic heterocycles. The van der Waals surface area contributed by atoms with Crippen LogP contribution in [0.25, 0.3) is 0 Å². The van der Waals surface area contributed by atoms with Gasteiger partial charge in [0.2, 0.25) is 5.92 Å². The van der Waals surface area contributed by atoms with Crippen LogP contribution in [0.3, 0.4) is 0 Å². The predicted octanol–water partition coefficient (Wildman–Crippen LogP) is 3.20. The first-order valence-corrected chi connectivity index (χ1v) is 4.44. The zero-order valence-corrected chi connectivity index (χ0v) is 8.60. The van der Waals surface area contributed by atoms with Gasteiger partial charge in [0.05, 0.1) is 7.11 Å². The molecule has 0 fully saturated rings. The minimum atomic E-state index is -2.69. The summed E-state index contributed by atoms with van der Waals surface area (Å²) in [5.74, 6) is -2.17. The van der Waals surface area contributed by atoms with Crippen LogP contribution in [0.4, 0.5) is 8.78 Å². The first-order valence-electron chi connectivity index (χ1n) is 4.44. The minimum Gasteiger partial charge on any atom is -0.496 e. The summed E-state index contributed by atoms with van der Waals surface area (Å²) in [7, 11) is 1.49. The van der Waals surface area contributed by atoms with Gasteiger partial charge in [0.15, 0.2) is 0 Å². The Hall–Kier alpha value is -1.12. The minimum absolute atomic E-state index is 0.280. The third-order valence-corrected chi connectivity index (χ3v) is 1.94. The van der Waals surface area contributed by atoms with Crippen LogP contribution in [0.2, 0.25) is 0 Å². The van der Waals surface area contributed by atoms with Gasteiger partial charge >= 0.3 is 0 Å². The van der Waals surface area contributed by atoms with E-state index in [1.165, 1.54) is 7.11 Å². The normalized spacial score (nSPS) is 11.5. The molecule has 0 atom stereocenters. The molecular weight excluding hydrogens is 186 g/mol. The molecule has 0 radical (unpaired) electrons. The molecule has 1 rings (SSSR count). The Morgan fingerprint density at radius 2 is 2.00 bits per heavy atom. The fourth-order valence-electron chi connectivity index (χ4n) is 1.38. The van der Waals surface area contributed by atoms with Gasteiger partial charge in [-0.25, -0.2) is 8.78 Å². The van der Waals surface area contributed by atoms with E-state index in [9.17, 15) is 8.78 Å². The quantitative estimate of drug-likeness (QED) is 0.728. The number of alkyl halides is 2. The smallest absolute Gasteiger partial charge is 0.249 e. The topological polar surface area (TPSA) is 9.23 Å². The van der Waals surface area contributed by atoms with E-state index in [1.807, 2.05) is 13.0 Å². The molecule has 0 aliphatic carbocycles. The van der Waals surface area contributed by atoms with Gasteiger partial charge in [-0.15, -0.1) is 0 Å². The first kappa shape index (κ1) is 11.0. The van der Waals surface area contributed by atoms with Gasteiger partial charge in [-0.2, -0.15) is 0 Å². The summed E-state index contributed by atoms with van der Waals surface area (Å²) in [5.41, 5.74) is 1.52. The summed E-state index contributed by atoms with van der Waals surface area (Å²) in [5, 5.41) is 0. The SMILES string of the molecule is COc1ccc(C)cc1CC(C)(F)F. The highest BCUT2D eigenvalue weighted by atomic mass is 19.3. The molecule has 3 heteroatoms. The lowest BCUT2D eigenvalue weighted by Gasteiger charge is -2.13. The molecule has 0 N–H and O–H groups in total. The third kappa shape index (κ3) is 2.98. The number of ether oxygens (including phenoxy) is 1. The highest BCUT2D eigenvalue weighted by Gasteiger charge is 2.23. The van der Waals surface area contributed by atoms with Crippen LogP contribution in [0, 0.1) is 6.92 Å². The number of aryl methyl sites for hydroxylation is 1. The van der Waals surface area contributed by atoms with Crippen LogP contribution in [-0.4, -0.2) is 13.0 Å². The van der Waals surface area contributed by atoms with Crippen molar-refractivity contribution in [3.8, 4) is 5.75 Å². The maximum atomic E-state index is 12.8. The van der Waals surface area contributed by atoms with Gasteiger partial charge in [-0.1, -0.05) is 17.7 Å². The Bertz CT molecular complexity index is 316. The van der Waals surface area contributed by atoms with Gasteiger partial charge in [0, 0.05) is 12.0 Å². The number of halogens is 2. The average molecular weight is 200 g/mol. The fourth-order valence-corrected chi connectivity index (χ4v) is 1.38. The van der Waals surface area contributed by atoms with Crippen molar-refractivity contribution in [1.82, 2.24) is 0 Å². The highest BCUT2D eigenvalue weighted by Crippen LogP contribution is 2.26. The summed E-state index contributed by atoms with van der Waals surface area (Å²) in [4.78, 5) is 0. The van der Waals surface area contributed by atoms with Crippen molar-refractivity contribution in [2.45, 2.75) is 26.2 Å². The monoisotopic (exact) mass is 200 g/mol. The predicted molar refractivity (Wildman–Crippen MR) is 52.1 cm³/mol. The maximum absolute atomic E-state index is 12.8. The third-order valence-electron chi connectivity index (χ3n) is 1.94. The largest absolute Gasteiger partial charge is 0.496 e. The van der Waals surface area contributed by atoms with Crippen molar-refractivity contribution in [2.24, 2.45) is 0 Å². The van der Waals surface area contributed by atoms with Crippen molar-refractivity contribution in [2.75, 3.05) is 7.11 Å². The molecule has 14 heavy (non-hydrogen) atoms. The van der Waals surface area contributed by atoms with Crippen LogP contribution in [0.5, 0.6) is 5.75 Å². The summed E-state index contributed by atoms with van der Waals surface area (Å²) in [6, 6.07) is 5.29. The molecule has 1 nitrogen and oxygen atoms in total. The number of hydrogen-bond acceptors (Lipinski definition) is 1. The fraction of sp³-hybridized carbons (Fsp3) is 0.455. The Morgan fingerprint density at radius 1 is 1.36 bits per heavy atom. The zero-order chi connectivity index (χ0) is 10.8. The summed E-state index contributed by atoms with van der Waals surface area (Å²) < 4.78 is 30.6. The highest BCUT2D eigenvalue weighted by molar-refractivity contribution is 5.37. The number of methoxy groups -OCH3 is 1. The van der Waals surface area contributed by atoms with Gasteiger partial charge in [-0.05, 0) is 19.9 Å². The van der Waals surface area contributed by atoms with E-state index in [4.69, 9.17) is 4.74 Å². The molecule has 1 aromatic rings. The molecule has 0 saturated heterocycles. The van der Waals surface area contributed by atoms with Gasteiger partial charge in [-0.3, -0.25) is 0 Å². The van der Waals surface area contributed by atoms with Gasteiger partial charge < -0.3 is 4.74 Å². The lowest BCUT2D eigenvalue weighted by atomic mass is 10.0. The molecule has 0 bridgehead atoms. The van der Waals surface area contributed by atoms with Crippen LogP contribution in [-0.2, 0) is 6.42 Å². The van der Waals surface area contributed by atoms with E-state index in [1.54, 1.807) is 12.1 Å². The summed E-state index contributed by atoms with van der Waals surface area (Å²) in [6.07, 6.45) is -0.280. The zero-order valence-electron chi connectivity index (χ0n) is 8.60. The first-order chi connectivity index (χ1) is 6.42. The van der Waals surface area contributed by atoms with E-state index in [-0.39, 0.29) is 6.42 Å². The molecular formula is C11H14F2O. The van der Waals surface area contributed by atoms with E-state index < -0.39 is 5.92 Å². The average Bonchev–Trinajstić information content (AvgIpc) is 2.01. The second-order valence-electron chi connectivity index (χ2n) is 3.56. The molecule has 0 saturated carbocycles. The van der Waals surface area contributed by atoms with E-state index in [0.29, 0.717) is 11.3 Å². The van der Waals surface area contributed by atoms with Crippen molar-refractivity contribution in [1.29, 1.82) is 0 Å². The molecule has 1 aromatic carbocycles. The maximum Gasteiger partial charge on any atom is 0.249 e. The molecule has 0 aliphatic rings. The lowest BCUT2D eigenvalue weighted by Crippen LogP contribution is -2.14. The van der Waals surface area contributed by atoms with Crippen LogP contribution >= 0.6 is 0 Å². The van der Waals surface area contributed by atoms with Crippen LogP contribution < -0.4 is 4.74 Å². The molecule has 78 valence electrons. The van der Waals surface area contributed by atoms with Crippen molar-refractivity contribution in [3.05, 3.63) is 29.3 Å². The number of benzene rings is 1. The Kier molecular flexibility index (Phi) is 3.09. The van der Waals surface area contributed by atoms with E-state index >= 15 is 0 Å². The lowest BCUT2D eigenvalue weighted by molar-refractivity contribution is 0.0220. The Balaban J connectivity index is 2.99. The van der Waals surface area contributed by atoms with E-state index in [0.717, 1.165) is 12.5 Å². The van der Waals surface area contributed by atoms with Crippen molar-refractivity contribution in [3.63, 3.8) is 0 Å². The molecule has 0 heterocycles. The van der Waals surface area contributed by atoms with Crippen molar-refractivity contribution < 1.29 is 13.5 Å². The molecule has 0 aromatic heterocycles. The molecule has 0 unspecified atom stereocenters. The number of rotatable bonds is 3. The molecule has 0 amide bonds. The Morgan fingerprint density at radius 3 is 2.50 bits per heavy atom. The standard InChI is InChI=1S/C11H14F2O/c1-8-4-5-10(14-3)9(6-8)7-11(2,12)13/h4-6H,7H2,1-3H3. The number of hydrogen-bond donors (Lipinski definition) is 0. The Labute approximate surface area is 82.7 Å². The van der Waals surface area contributed by atoms with Gasteiger partial charge in [0.1, 0.15) is 5.75 Å². The summed E-state index contributed by atoms with van der Waals surface area (Å²) >= 11 is 0. The van der Waals surface area contributed by atoms with Crippen molar-refractivity contribution >= 4 is 0 Å². The van der Waals surface area contributed by atoms with Crippen LogP contribution in [0.1, 0.15) is 18.1 Å². The summed E-state index contributed by atoms with van der Waals surface area (Å²) in [6.45, 7) is 2.78. The second-order valence-corrected chi connectivity index (χ2v) is 3.56. The second kappa shape index (κ2) is 3.95. The van der Waals surface area contributed by atoms with Gasteiger partial charge in [0.25, 0.3) is 0 Å². The van der Waals surface area contributed by atoms with E-state index in [2.05, 4.69) is 0 Å².